The number of ether oxygens (including phenoxy) is 1. The van der Waals surface area contributed by atoms with Crippen molar-refractivity contribution in [2.45, 2.75) is 19.4 Å². The Labute approximate surface area is 103 Å². The molecule has 0 aliphatic carbocycles. The van der Waals surface area contributed by atoms with Crippen LogP contribution in [0, 0.1) is 0 Å². The first-order valence-corrected chi connectivity index (χ1v) is 5.78. The molecule has 0 saturated carbocycles. The van der Waals surface area contributed by atoms with E-state index in [1.54, 1.807) is 19.9 Å². The molecule has 1 atom stereocenters. The first kappa shape index (κ1) is 16.1. The Kier molecular flexibility index (Phi) is 7.78. The zero-order valence-electron chi connectivity index (χ0n) is 11.2. The number of aliphatic hydroxyl groups is 1. The summed E-state index contributed by atoms with van der Waals surface area (Å²) in [4.78, 5) is 12.9. The lowest BCUT2D eigenvalue weighted by Crippen LogP contribution is -2.45. The molecule has 0 saturated heterocycles. The van der Waals surface area contributed by atoms with Gasteiger partial charge in [0.1, 0.15) is 0 Å². The largest absolute Gasteiger partial charge is 0.463 e. The van der Waals surface area contributed by atoms with Gasteiger partial charge in [0.25, 0.3) is 0 Å². The Hall–Kier alpha value is -0.910. The fourth-order valence-corrected chi connectivity index (χ4v) is 1.51. The minimum absolute atomic E-state index is 0.339. The maximum Gasteiger partial charge on any atom is 0.330 e. The summed E-state index contributed by atoms with van der Waals surface area (Å²) < 4.78 is 4.73. The van der Waals surface area contributed by atoms with Crippen molar-refractivity contribution >= 4 is 5.97 Å². The average molecular weight is 244 g/mol. The summed E-state index contributed by atoms with van der Waals surface area (Å²) in [5.74, 6) is -0.339. The number of rotatable bonds is 8. The molecule has 0 aromatic rings. The SMILES string of the molecule is CCOC(=O)/C=C/CNCC(C)(O)CN(C)C. The van der Waals surface area contributed by atoms with E-state index in [2.05, 4.69) is 5.32 Å². The molecule has 0 aliphatic rings. The number of hydrogen-bond donors (Lipinski definition) is 2. The monoisotopic (exact) mass is 244 g/mol. The Morgan fingerprint density at radius 1 is 1.53 bits per heavy atom. The van der Waals surface area contributed by atoms with E-state index in [-0.39, 0.29) is 5.97 Å². The van der Waals surface area contributed by atoms with Crippen LogP contribution in [0.25, 0.3) is 0 Å². The fourth-order valence-electron chi connectivity index (χ4n) is 1.51. The van der Waals surface area contributed by atoms with Crippen LogP contribution in [0.5, 0.6) is 0 Å². The average Bonchev–Trinajstić information content (AvgIpc) is 2.15. The number of carbonyl (C=O) groups excluding carboxylic acids is 1. The van der Waals surface area contributed by atoms with Crippen molar-refractivity contribution < 1.29 is 14.6 Å². The predicted molar refractivity (Wildman–Crippen MR) is 67.8 cm³/mol. The van der Waals surface area contributed by atoms with Crippen LogP contribution >= 0.6 is 0 Å². The van der Waals surface area contributed by atoms with Gasteiger partial charge in [-0.2, -0.15) is 0 Å². The summed E-state index contributed by atoms with van der Waals surface area (Å²) in [6.45, 7) is 5.51. The lowest BCUT2D eigenvalue weighted by molar-refractivity contribution is -0.137. The van der Waals surface area contributed by atoms with Gasteiger partial charge in [-0.1, -0.05) is 6.08 Å². The molecular weight excluding hydrogens is 220 g/mol. The quantitative estimate of drug-likeness (QED) is 0.358. The lowest BCUT2D eigenvalue weighted by Gasteiger charge is -2.26. The first-order valence-electron chi connectivity index (χ1n) is 5.78. The molecule has 100 valence electrons. The van der Waals surface area contributed by atoms with Crippen molar-refractivity contribution in [3.8, 4) is 0 Å². The predicted octanol–water partition coefficient (Wildman–Crippen LogP) is 0.00790. The van der Waals surface area contributed by atoms with Crippen molar-refractivity contribution in [2.75, 3.05) is 40.3 Å². The second-order valence-electron chi connectivity index (χ2n) is 4.52. The van der Waals surface area contributed by atoms with Crippen molar-refractivity contribution in [1.29, 1.82) is 0 Å². The van der Waals surface area contributed by atoms with Crippen LogP contribution < -0.4 is 5.32 Å². The lowest BCUT2D eigenvalue weighted by atomic mass is 10.1. The Balaban J connectivity index is 3.73. The maximum absolute atomic E-state index is 11.0. The van der Waals surface area contributed by atoms with Gasteiger partial charge in [0.15, 0.2) is 0 Å². The highest BCUT2D eigenvalue weighted by atomic mass is 16.5. The summed E-state index contributed by atoms with van der Waals surface area (Å²) in [5, 5.41) is 13.0. The van der Waals surface area contributed by atoms with E-state index in [0.29, 0.717) is 26.2 Å². The Bertz CT molecular complexity index is 250. The maximum atomic E-state index is 11.0. The first-order chi connectivity index (χ1) is 7.87. The third-order valence-corrected chi connectivity index (χ3v) is 1.97. The number of hydrogen-bond acceptors (Lipinski definition) is 5. The Morgan fingerprint density at radius 2 is 2.18 bits per heavy atom. The molecule has 0 amide bonds. The van der Waals surface area contributed by atoms with Crippen LogP contribution in [0.4, 0.5) is 0 Å². The van der Waals surface area contributed by atoms with Gasteiger partial charge in [-0.05, 0) is 27.9 Å². The van der Waals surface area contributed by atoms with Crippen LogP contribution in [-0.2, 0) is 9.53 Å². The van der Waals surface area contributed by atoms with Gasteiger partial charge >= 0.3 is 5.97 Å². The molecule has 5 heteroatoms. The Morgan fingerprint density at radius 3 is 2.71 bits per heavy atom. The van der Waals surface area contributed by atoms with E-state index in [0.717, 1.165) is 0 Å². The van der Waals surface area contributed by atoms with Crippen LogP contribution in [0.3, 0.4) is 0 Å². The van der Waals surface area contributed by atoms with Gasteiger partial charge < -0.3 is 20.1 Å². The molecule has 0 aromatic carbocycles. The highest BCUT2D eigenvalue weighted by molar-refractivity contribution is 5.81. The second-order valence-corrected chi connectivity index (χ2v) is 4.52. The zero-order chi connectivity index (χ0) is 13.3. The normalized spacial score (nSPS) is 15.2. The molecule has 0 rings (SSSR count). The molecule has 0 radical (unpaired) electrons. The van der Waals surface area contributed by atoms with Gasteiger partial charge in [-0.25, -0.2) is 4.79 Å². The molecule has 0 heterocycles. The van der Waals surface area contributed by atoms with Gasteiger partial charge in [0.2, 0.25) is 0 Å². The minimum Gasteiger partial charge on any atom is -0.463 e. The number of likely N-dealkylation sites (N-methyl/N-ethyl adjacent to an activating group) is 1. The number of esters is 1. The van der Waals surface area contributed by atoms with Crippen LogP contribution in [-0.4, -0.2) is 61.9 Å². The fraction of sp³-hybridized carbons (Fsp3) is 0.750. The molecule has 0 bridgehead atoms. The molecule has 5 nitrogen and oxygen atoms in total. The summed E-state index contributed by atoms with van der Waals surface area (Å²) in [7, 11) is 3.82. The van der Waals surface area contributed by atoms with E-state index < -0.39 is 5.60 Å². The van der Waals surface area contributed by atoms with E-state index in [1.807, 2.05) is 19.0 Å². The molecule has 0 spiro atoms. The van der Waals surface area contributed by atoms with Crippen molar-refractivity contribution in [3.63, 3.8) is 0 Å². The van der Waals surface area contributed by atoms with Crippen molar-refractivity contribution in [3.05, 3.63) is 12.2 Å². The molecular formula is C12H24N2O3. The summed E-state index contributed by atoms with van der Waals surface area (Å²) in [6.07, 6.45) is 3.07. The highest BCUT2D eigenvalue weighted by Gasteiger charge is 2.19. The third kappa shape index (κ3) is 9.99. The molecule has 1 unspecified atom stereocenters. The topological polar surface area (TPSA) is 61.8 Å². The van der Waals surface area contributed by atoms with Crippen molar-refractivity contribution in [2.24, 2.45) is 0 Å². The number of carbonyl (C=O) groups is 1. The van der Waals surface area contributed by atoms with E-state index >= 15 is 0 Å². The highest BCUT2D eigenvalue weighted by Crippen LogP contribution is 2.01. The molecule has 2 N–H and O–H groups in total. The summed E-state index contributed by atoms with van der Waals surface area (Å²) in [6, 6.07) is 0. The van der Waals surface area contributed by atoms with Crippen LogP contribution in [0.15, 0.2) is 12.2 Å². The van der Waals surface area contributed by atoms with E-state index in [4.69, 9.17) is 4.74 Å². The molecule has 0 fully saturated rings. The van der Waals surface area contributed by atoms with Gasteiger partial charge in [-0.15, -0.1) is 0 Å². The standard InChI is InChI=1S/C12H24N2O3/c1-5-17-11(15)7-6-8-13-9-12(2,16)10-14(3)4/h6-7,13,16H,5,8-10H2,1-4H3/b7-6+. The molecule has 17 heavy (non-hydrogen) atoms. The minimum atomic E-state index is -0.777. The van der Waals surface area contributed by atoms with Gasteiger partial charge in [0.05, 0.1) is 12.2 Å². The smallest absolute Gasteiger partial charge is 0.330 e. The third-order valence-electron chi connectivity index (χ3n) is 1.97. The number of nitrogens with zero attached hydrogens (tertiary/aromatic N) is 1. The summed E-state index contributed by atoms with van der Waals surface area (Å²) in [5.41, 5.74) is -0.777. The number of nitrogens with one attached hydrogen (secondary N) is 1. The van der Waals surface area contributed by atoms with Crippen molar-refractivity contribution in [1.82, 2.24) is 10.2 Å². The van der Waals surface area contributed by atoms with E-state index in [9.17, 15) is 9.90 Å². The zero-order valence-corrected chi connectivity index (χ0v) is 11.2. The summed E-state index contributed by atoms with van der Waals surface area (Å²) >= 11 is 0. The van der Waals surface area contributed by atoms with Crippen LogP contribution in [0.2, 0.25) is 0 Å². The van der Waals surface area contributed by atoms with E-state index in [1.165, 1.54) is 6.08 Å². The molecule has 0 aliphatic heterocycles. The van der Waals surface area contributed by atoms with Gasteiger partial charge in [-0.3, -0.25) is 0 Å². The van der Waals surface area contributed by atoms with Gasteiger partial charge in [0, 0.05) is 25.7 Å². The van der Waals surface area contributed by atoms with Crippen LogP contribution in [0.1, 0.15) is 13.8 Å². The molecule has 0 aromatic heterocycles. The second kappa shape index (κ2) is 8.22.